The molecule has 0 aliphatic carbocycles. The van der Waals surface area contributed by atoms with Gasteiger partial charge >= 0.3 is 0 Å². The number of nitrogens with two attached hydrogens (primary N) is 1. The summed E-state index contributed by atoms with van der Waals surface area (Å²) in [4.78, 5) is 4.01. The lowest BCUT2D eigenvalue weighted by atomic mass is 10.2. The molecule has 0 amide bonds. The molecule has 72 valence electrons. The molecule has 1 heterocycles. The second-order valence-corrected chi connectivity index (χ2v) is 3.86. The predicted molar refractivity (Wildman–Crippen MR) is 59.2 cm³/mol. The topological polar surface area (TPSA) is 43.8 Å². The van der Waals surface area contributed by atoms with Gasteiger partial charge in [-0.3, -0.25) is 0 Å². The highest BCUT2D eigenvalue weighted by atomic mass is 79.9. The van der Waals surface area contributed by atoms with Gasteiger partial charge in [-0.15, -0.1) is 0 Å². The number of halogens is 1. The highest BCUT2D eigenvalue weighted by molar-refractivity contribution is 9.10. The lowest BCUT2D eigenvalue weighted by Gasteiger charge is -2.08. The fraction of sp³-hybridized carbons (Fsp3) is 0.100. The maximum absolute atomic E-state index is 5.66. The van der Waals surface area contributed by atoms with E-state index < -0.39 is 0 Å². The zero-order valence-corrected chi connectivity index (χ0v) is 9.11. The largest absolute Gasteiger partial charge is 0.326 e. The number of nitrogens with zero attached hydrogens (tertiary/aromatic N) is 2. The van der Waals surface area contributed by atoms with Crippen molar-refractivity contribution in [3.8, 4) is 5.69 Å². The first-order chi connectivity index (χ1) is 6.81. The standard InChI is InChI=1S/C10H10BrN3/c11-9-2-1-8(6-12)10(5-9)14-4-3-13-7-14/h1-5,7H,6,12H2. The van der Waals surface area contributed by atoms with E-state index in [0.29, 0.717) is 6.54 Å². The minimum Gasteiger partial charge on any atom is -0.326 e. The Bertz CT molecular complexity index is 423. The van der Waals surface area contributed by atoms with Gasteiger partial charge in [0.15, 0.2) is 0 Å². The molecular formula is C10H10BrN3. The molecule has 1 aromatic heterocycles. The second-order valence-electron chi connectivity index (χ2n) is 2.95. The average molecular weight is 252 g/mol. The van der Waals surface area contributed by atoms with Gasteiger partial charge < -0.3 is 10.3 Å². The summed E-state index contributed by atoms with van der Waals surface area (Å²) in [5, 5.41) is 0. The molecule has 0 saturated heterocycles. The molecule has 0 radical (unpaired) electrons. The molecule has 0 aliphatic rings. The van der Waals surface area contributed by atoms with Crippen molar-refractivity contribution >= 4 is 15.9 Å². The van der Waals surface area contributed by atoms with E-state index >= 15 is 0 Å². The molecule has 4 heteroatoms. The zero-order chi connectivity index (χ0) is 9.97. The number of hydrogen-bond donors (Lipinski definition) is 1. The van der Waals surface area contributed by atoms with Crippen LogP contribution < -0.4 is 5.73 Å². The van der Waals surface area contributed by atoms with Crippen molar-refractivity contribution < 1.29 is 0 Å². The van der Waals surface area contributed by atoms with E-state index in [0.717, 1.165) is 15.7 Å². The van der Waals surface area contributed by atoms with Crippen LogP contribution in [0.2, 0.25) is 0 Å². The first-order valence-corrected chi connectivity index (χ1v) is 5.07. The highest BCUT2D eigenvalue weighted by Crippen LogP contribution is 2.19. The van der Waals surface area contributed by atoms with Crippen molar-refractivity contribution in [1.82, 2.24) is 9.55 Å². The van der Waals surface area contributed by atoms with E-state index in [1.807, 2.05) is 29.0 Å². The van der Waals surface area contributed by atoms with E-state index in [2.05, 4.69) is 20.9 Å². The molecule has 1 aromatic carbocycles. The van der Waals surface area contributed by atoms with Crippen molar-refractivity contribution in [1.29, 1.82) is 0 Å². The molecule has 3 nitrogen and oxygen atoms in total. The Labute approximate surface area is 90.7 Å². The molecule has 2 rings (SSSR count). The van der Waals surface area contributed by atoms with Gasteiger partial charge in [0.1, 0.15) is 0 Å². The summed E-state index contributed by atoms with van der Waals surface area (Å²) in [5.74, 6) is 0. The van der Waals surface area contributed by atoms with Gasteiger partial charge in [0.05, 0.1) is 12.0 Å². The van der Waals surface area contributed by atoms with Crippen molar-refractivity contribution in [3.05, 3.63) is 47.0 Å². The summed E-state index contributed by atoms with van der Waals surface area (Å²) in [6, 6.07) is 6.03. The van der Waals surface area contributed by atoms with Crippen molar-refractivity contribution in [2.45, 2.75) is 6.54 Å². The van der Waals surface area contributed by atoms with Crippen molar-refractivity contribution in [2.75, 3.05) is 0 Å². The van der Waals surface area contributed by atoms with Gasteiger partial charge in [0.2, 0.25) is 0 Å². The van der Waals surface area contributed by atoms with Crippen LogP contribution in [0.15, 0.2) is 41.4 Å². The number of imidazole rings is 1. The number of benzene rings is 1. The summed E-state index contributed by atoms with van der Waals surface area (Å²) < 4.78 is 2.99. The van der Waals surface area contributed by atoms with Gasteiger partial charge in [-0.2, -0.15) is 0 Å². The fourth-order valence-electron chi connectivity index (χ4n) is 1.35. The summed E-state index contributed by atoms with van der Waals surface area (Å²) >= 11 is 3.44. The lowest BCUT2D eigenvalue weighted by molar-refractivity contribution is 0.981. The highest BCUT2D eigenvalue weighted by Gasteiger charge is 2.02. The third-order valence-corrected chi connectivity index (χ3v) is 2.54. The molecule has 0 unspecified atom stereocenters. The Morgan fingerprint density at radius 2 is 2.29 bits per heavy atom. The Balaban J connectivity index is 2.55. The van der Waals surface area contributed by atoms with Crippen LogP contribution in [-0.2, 0) is 6.54 Å². The number of hydrogen-bond acceptors (Lipinski definition) is 2. The average Bonchev–Trinajstić information content (AvgIpc) is 2.70. The molecule has 0 aliphatic heterocycles. The molecule has 0 atom stereocenters. The number of aromatic nitrogens is 2. The summed E-state index contributed by atoms with van der Waals surface area (Å²) in [5.41, 5.74) is 7.83. The van der Waals surface area contributed by atoms with E-state index in [1.165, 1.54) is 0 Å². The Hall–Kier alpha value is -1.13. The van der Waals surface area contributed by atoms with Crippen LogP contribution in [0.1, 0.15) is 5.56 Å². The van der Waals surface area contributed by atoms with Crippen LogP contribution in [0.5, 0.6) is 0 Å². The van der Waals surface area contributed by atoms with E-state index in [-0.39, 0.29) is 0 Å². The van der Waals surface area contributed by atoms with Crippen LogP contribution in [-0.4, -0.2) is 9.55 Å². The van der Waals surface area contributed by atoms with Gasteiger partial charge in [-0.05, 0) is 17.7 Å². The maximum atomic E-state index is 5.66. The normalized spacial score (nSPS) is 10.4. The summed E-state index contributed by atoms with van der Waals surface area (Å²) in [6.45, 7) is 0.529. The van der Waals surface area contributed by atoms with E-state index in [4.69, 9.17) is 5.73 Å². The Kier molecular flexibility index (Phi) is 2.65. The third-order valence-electron chi connectivity index (χ3n) is 2.05. The zero-order valence-electron chi connectivity index (χ0n) is 7.52. The monoisotopic (exact) mass is 251 g/mol. The third kappa shape index (κ3) is 1.71. The predicted octanol–water partition coefficient (Wildman–Crippen LogP) is 2.09. The molecule has 0 bridgehead atoms. The summed E-state index contributed by atoms with van der Waals surface area (Å²) in [6.07, 6.45) is 5.42. The minimum absolute atomic E-state index is 0.529. The first kappa shape index (κ1) is 9.43. The van der Waals surface area contributed by atoms with Crippen LogP contribution in [0.3, 0.4) is 0 Å². The smallest absolute Gasteiger partial charge is 0.0991 e. The molecule has 2 aromatic rings. The molecule has 0 spiro atoms. The van der Waals surface area contributed by atoms with Crippen LogP contribution in [0.25, 0.3) is 5.69 Å². The first-order valence-electron chi connectivity index (χ1n) is 4.28. The Morgan fingerprint density at radius 1 is 1.43 bits per heavy atom. The molecule has 2 N–H and O–H groups in total. The van der Waals surface area contributed by atoms with Gasteiger partial charge in [0.25, 0.3) is 0 Å². The molecule has 14 heavy (non-hydrogen) atoms. The van der Waals surface area contributed by atoms with Gasteiger partial charge in [0, 0.05) is 23.4 Å². The SMILES string of the molecule is NCc1ccc(Br)cc1-n1ccnc1. The lowest BCUT2D eigenvalue weighted by Crippen LogP contribution is -2.03. The second kappa shape index (κ2) is 3.94. The molecule has 0 saturated carbocycles. The number of rotatable bonds is 2. The van der Waals surface area contributed by atoms with Crippen LogP contribution >= 0.6 is 15.9 Å². The van der Waals surface area contributed by atoms with Crippen LogP contribution in [0, 0.1) is 0 Å². The van der Waals surface area contributed by atoms with E-state index in [9.17, 15) is 0 Å². The summed E-state index contributed by atoms with van der Waals surface area (Å²) in [7, 11) is 0. The van der Waals surface area contributed by atoms with E-state index in [1.54, 1.807) is 12.5 Å². The maximum Gasteiger partial charge on any atom is 0.0991 e. The molecular weight excluding hydrogens is 242 g/mol. The fourth-order valence-corrected chi connectivity index (χ4v) is 1.70. The quantitative estimate of drug-likeness (QED) is 0.889. The van der Waals surface area contributed by atoms with Gasteiger partial charge in [-0.1, -0.05) is 22.0 Å². The van der Waals surface area contributed by atoms with Crippen molar-refractivity contribution in [2.24, 2.45) is 5.73 Å². The Morgan fingerprint density at radius 3 is 2.93 bits per heavy atom. The molecule has 0 fully saturated rings. The van der Waals surface area contributed by atoms with Crippen LogP contribution in [0.4, 0.5) is 0 Å². The van der Waals surface area contributed by atoms with Crippen molar-refractivity contribution in [3.63, 3.8) is 0 Å². The van der Waals surface area contributed by atoms with Gasteiger partial charge in [-0.25, -0.2) is 4.98 Å². The minimum atomic E-state index is 0.529.